The van der Waals surface area contributed by atoms with E-state index in [2.05, 4.69) is 26.3 Å². The van der Waals surface area contributed by atoms with Crippen LogP contribution in [0.5, 0.6) is 0 Å². The molecule has 0 aliphatic carbocycles. The molecular formula is C19H24N4O2. The van der Waals surface area contributed by atoms with Crippen molar-refractivity contribution < 1.29 is 9.53 Å². The number of aromatic nitrogens is 2. The summed E-state index contributed by atoms with van der Waals surface area (Å²) in [5, 5.41) is 3.07. The maximum absolute atomic E-state index is 12.6. The van der Waals surface area contributed by atoms with E-state index in [0.29, 0.717) is 19.7 Å². The average molecular weight is 340 g/mol. The van der Waals surface area contributed by atoms with E-state index in [9.17, 15) is 4.79 Å². The first-order valence-corrected chi connectivity index (χ1v) is 8.61. The van der Waals surface area contributed by atoms with Crippen molar-refractivity contribution in [2.75, 3.05) is 25.1 Å². The molecule has 6 heteroatoms. The molecule has 1 aromatic heterocycles. The summed E-state index contributed by atoms with van der Waals surface area (Å²) >= 11 is 0. The first-order valence-electron chi connectivity index (χ1n) is 8.61. The molecule has 2 heterocycles. The minimum atomic E-state index is -0.0158. The Bertz CT molecular complexity index is 693. The van der Waals surface area contributed by atoms with E-state index in [1.165, 1.54) is 0 Å². The number of ether oxygens (including phenoxy) is 1. The second-order valence-corrected chi connectivity index (χ2v) is 6.32. The van der Waals surface area contributed by atoms with E-state index in [0.717, 1.165) is 36.3 Å². The fourth-order valence-corrected chi connectivity index (χ4v) is 3.18. The molecule has 0 saturated carbocycles. The molecule has 1 unspecified atom stereocenters. The third-order valence-corrected chi connectivity index (χ3v) is 4.43. The fraction of sp³-hybridized carbons (Fsp3) is 0.421. The molecule has 2 aromatic rings. The summed E-state index contributed by atoms with van der Waals surface area (Å²) in [5.41, 5.74) is 2.20. The van der Waals surface area contributed by atoms with Gasteiger partial charge in [0.2, 0.25) is 5.91 Å². The highest BCUT2D eigenvalue weighted by Crippen LogP contribution is 2.21. The second-order valence-electron chi connectivity index (χ2n) is 6.32. The van der Waals surface area contributed by atoms with Gasteiger partial charge in [-0.1, -0.05) is 24.3 Å². The van der Waals surface area contributed by atoms with Crippen LogP contribution in [0.15, 0.2) is 42.9 Å². The van der Waals surface area contributed by atoms with Gasteiger partial charge in [-0.15, -0.1) is 0 Å². The predicted molar refractivity (Wildman–Crippen MR) is 96.0 cm³/mol. The average Bonchev–Trinajstić information content (AvgIpc) is 2.67. The minimum Gasteiger partial charge on any atom is -0.380 e. The Hall–Kier alpha value is -2.47. The number of amides is 1. The summed E-state index contributed by atoms with van der Waals surface area (Å²) < 4.78 is 5.15. The second kappa shape index (κ2) is 8.58. The number of nitrogens with one attached hydrogen (secondary N) is 1. The van der Waals surface area contributed by atoms with Gasteiger partial charge in [0.25, 0.3) is 0 Å². The van der Waals surface area contributed by atoms with Crippen molar-refractivity contribution in [3.8, 4) is 0 Å². The summed E-state index contributed by atoms with van der Waals surface area (Å²) in [6.07, 6.45) is 6.99. The molecule has 6 nitrogen and oxygen atoms in total. The molecular weight excluding hydrogens is 316 g/mol. The van der Waals surface area contributed by atoms with Crippen LogP contribution in [-0.2, 0) is 22.7 Å². The van der Waals surface area contributed by atoms with Gasteiger partial charge >= 0.3 is 0 Å². The Labute approximate surface area is 148 Å². The predicted octanol–water partition coefficient (Wildman–Crippen LogP) is 2.16. The molecule has 1 aliphatic heterocycles. The topological polar surface area (TPSA) is 67.3 Å². The Kier molecular flexibility index (Phi) is 5.95. The van der Waals surface area contributed by atoms with Crippen LogP contribution in [0.2, 0.25) is 0 Å². The van der Waals surface area contributed by atoms with E-state index < -0.39 is 0 Å². The quantitative estimate of drug-likeness (QED) is 0.873. The van der Waals surface area contributed by atoms with Crippen LogP contribution in [-0.4, -0.2) is 36.1 Å². The number of hydrogen-bond donors (Lipinski definition) is 1. The lowest BCUT2D eigenvalue weighted by Gasteiger charge is -2.32. The van der Waals surface area contributed by atoms with Crippen LogP contribution < -0.4 is 10.2 Å². The van der Waals surface area contributed by atoms with E-state index in [4.69, 9.17) is 4.74 Å². The number of nitrogens with zero attached hydrogens (tertiary/aromatic N) is 3. The Morgan fingerprint density at radius 3 is 3.04 bits per heavy atom. The van der Waals surface area contributed by atoms with Crippen LogP contribution in [0.1, 0.15) is 24.0 Å². The van der Waals surface area contributed by atoms with Crippen LogP contribution >= 0.6 is 0 Å². The van der Waals surface area contributed by atoms with E-state index in [1.807, 2.05) is 18.2 Å². The maximum Gasteiger partial charge on any atom is 0.225 e. The number of carbonyl (C=O) groups is 1. The molecule has 25 heavy (non-hydrogen) atoms. The number of carbonyl (C=O) groups excluding carboxylic acids is 1. The van der Waals surface area contributed by atoms with Crippen molar-refractivity contribution >= 4 is 11.7 Å². The summed E-state index contributed by atoms with van der Waals surface area (Å²) in [7, 11) is 1.68. The van der Waals surface area contributed by atoms with Gasteiger partial charge in [0.15, 0.2) is 0 Å². The lowest BCUT2D eigenvalue weighted by Crippen LogP contribution is -2.43. The van der Waals surface area contributed by atoms with Crippen LogP contribution in [0.3, 0.4) is 0 Å². The zero-order valence-electron chi connectivity index (χ0n) is 14.5. The zero-order chi connectivity index (χ0) is 17.5. The summed E-state index contributed by atoms with van der Waals surface area (Å²) in [4.78, 5) is 23.2. The van der Waals surface area contributed by atoms with Crippen LogP contribution in [0, 0.1) is 5.92 Å². The maximum atomic E-state index is 12.6. The number of rotatable bonds is 6. The zero-order valence-corrected chi connectivity index (χ0v) is 14.5. The van der Waals surface area contributed by atoms with E-state index in [-0.39, 0.29) is 11.8 Å². The standard InChI is InChI=1S/C19H24N4O2/c1-25-14-16-5-2-4-15(10-16)11-22-19(24)17-6-3-9-23(13-17)18-12-20-7-8-21-18/h2,4-5,7-8,10,12,17H,3,6,9,11,13-14H2,1H3,(H,22,24). The summed E-state index contributed by atoms with van der Waals surface area (Å²) in [5.74, 6) is 0.927. The lowest BCUT2D eigenvalue weighted by molar-refractivity contribution is -0.125. The largest absolute Gasteiger partial charge is 0.380 e. The molecule has 1 amide bonds. The minimum absolute atomic E-state index is 0.0158. The molecule has 1 aromatic carbocycles. The third-order valence-electron chi connectivity index (χ3n) is 4.43. The highest BCUT2D eigenvalue weighted by molar-refractivity contribution is 5.79. The molecule has 1 atom stereocenters. The van der Waals surface area contributed by atoms with Gasteiger partial charge in [-0.2, -0.15) is 0 Å². The highest BCUT2D eigenvalue weighted by Gasteiger charge is 2.26. The van der Waals surface area contributed by atoms with Crippen molar-refractivity contribution in [3.05, 3.63) is 54.0 Å². The summed E-state index contributed by atoms with van der Waals surface area (Å²) in [6.45, 7) is 2.73. The first-order chi connectivity index (χ1) is 12.3. The molecule has 0 radical (unpaired) electrons. The SMILES string of the molecule is COCc1cccc(CNC(=O)C2CCCN(c3cnccn3)C2)c1. The van der Waals surface area contributed by atoms with Crippen molar-refractivity contribution in [1.29, 1.82) is 0 Å². The number of anilines is 1. The van der Waals surface area contributed by atoms with Gasteiger partial charge < -0.3 is 15.0 Å². The summed E-state index contributed by atoms with van der Waals surface area (Å²) in [6, 6.07) is 8.10. The van der Waals surface area contributed by atoms with E-state index >= 15 is 0 Å². The lowest BCUT2D eigenvalue weighted by atomic mass is 9.97. The molecule has 3 rings (SSSR count). The molecule has 1 aliphatic rings. The van der Waals surface area contributed by atoms with Gasteiger partial charge in [0.05, 0.1) is 18.7 Å². The molecule has 1 N–H and O–H groups in total. The first kappa shape index (κ1) is 17.4. The smallest absolute Gasteiger partial charge is 0.225 e. The van der Waals surface area contributed by atoms with Gasteiger partial charge in [-0.25, -0.2) is 4.98 Å². The van der Waals surface area contributed by atoms with Crippen LogP contribution in [0.4, 0.5) is 5.82 Å². The van der Waals surface area contributed by atoms with Gasteiger partial charge in [-0.05, 0) is 24.0 Å². The molecule has 0 spiro atoms. The van der Waals surface area contributed by atoms with Gasteiger partial charge in [0.1, 0.15) is 5.82 Å². The monoisotopic (exact) mass is 340 g/mol. The molecule has 132 valence electrons. The van der Waals surface area contributed by atoms with Crippen molar-refractivity contribution in [2.24, 2.45) is 5.92 Å². The van der Waals surface area contributed by atoms with Crippen molar-refractivity contribution in [2.45, 2.75) is 26.0 Å². The number of piperidine rings is 1. The third kappa shape index (κ3) is 4.76. The number of benzene rings is 1. The van der Waals surface area contributed by atoms with Crippen molar-refractivity contribution in [1.82, 2.24) is 15.3 Å². The van der Waals surface area contributed by atoms with Gasteiger partial charge in [0, 0.05) is 39.1 Å². The van der Waals surface area contributed by atoms with Crippen molar-refractivity contribution in [3.63, 3.8) is 0 Å². The molecule has 1 fully saturated rings. The Morgan fingerprint density at radius 2 is 2.24 bits per heavy atom. The van der Waals surface area contributed by atoms with Crippen LogP contribution in [0.25, 0.3) is 0 Å². The fourth-order valence-electron chi connectivity index (χ4n) is 3.18. The Morgan fingerprint density at radius 1 is 1.36 bits per heavy atom. The number of hydrogen-bond acceptors (Lipinski definition) is 5. The van der Waals surface area contributed by atoms with Gasteiger partial charge in [-0.3, -0.25) is 9.78 Å². The Balaban J connectivity index is 1.55. The normalized spacial score (nSPS) is 17.3. The molecule has 0 bridgehead atoms. The van der Waals surface area contributed by atoms with E-state index in [1.54, 1.807) is 25.7 Å². The highest BCUT2D eigenvalue weighted by atomic mass is 16.5. The number of methoxy groups -OCH3 is 1. The molecule has 1 saturated heterocycles.